The summed E-state index contributed by atoms with van der Waals surface area (Å²) in [6.45, 7) is 3.89. The molecule has 0 amide bonds. The zero-order valence-electron chi connectivity index (χ0n) is 7.27. The zero-order chi connectivity index (χ0) is 8.27. The number of halogens is 1. The summed E-state index contributed by atoms with van der Waals surface area (Å²) in [5, 5.41) is 0. The maximum Gasteiger partial charge on any atom is 0.173 e. The Morgan fingerprint density at radius 1 is 1.45 bits per heavy atom. The van der Waals surface area contributed by atoms with E-state index in [1.165, 1.54) is 0 Å². The molecule has 11 heavy (non-hydrogen) atoms. The van der Waals surface area contributed by atoms with Gasteiger partial charge in [0.1, 0.15) is 0 Å². The van der Waals surface area contributed by atoms with Crippen molar-refractivity contribution in [2.75, 3.05) is 0 Å². The summed E-state index contributed by atoms with van der Waals surface area (Å²) in [5.74, 6) is 0. The Hall–Kier alpha value is -0.110. The second kappa shape index (κ2) is 4.05. The van der Waals surface area contributed by atoms with Gasteiger partial charge in [0.05, 0.1) is 12.2 Å². The molecule has 1 aliphatic carbocycles. The van der Waals surface area contributed by atoms with E-state index in [0.717, 1.165) is 19.3 Å². The minimum atomic E-state index is -0.205. The van der Waals surface area contributed by atoms with E-state index >= 15 is 0 Å². The standard InChI is InChI=1S/C9H16FO/c1-7(2)11-9-6-4-3-5-8(9)10/h7,9H,3-6H2,1-2H3. The van der Waals surface area contributed by atoms with Gasteiger partial charge in [-0.3, -0.25) is 0 Å². The molecule has 2 heteroatoms. The van der Waals surface area contributed by atoms with Gasteiger partial charge in [-0.1, -0.05) is 6.42 Å². The highest BCUT2D eigenvalue weighted by atomic mass is 19.1. The number of ether oxygens (including phenoxy) is 1. The molecule has 1 aliphatic rings. The predicted octanol–water partition coefficient (Wildman–Crippen LogP) is 2.86. The largest absolute Gasteiger partial charge is 0.372 e. The molecule has 65 valence electrons. The van der Waals surface area contributed by atoms with E-state index in [0.29, 0.717) is 6.42 Å². The molecule has 0 aromatic carbocycles. The van der Waals surface area contributed by atoms with Gasteiger partial charge in [-0.25, -0.2) is 4.39 Å². The first-order chi connectivity index (χ1) is 5.20. The van der Waals surface area contributed by atoms with Crippen LogP contribution in [-0.2, 0) is 4.74 Å². The Balaban J connectivity index is 2.29. The van der Waals surface area contributed by atoms with E-state index in [1.807, 2.05) is 13.8 Å². The average molecular weight is 159 g/mol. The lowest BCUT2D eigenvalue weighted by Gasteiger charge is -2.26. The third-order valence-electron chi connectivity index (χ3n) is 1.92. The van der Waals surface area contributed by atoms with Crippen molar-refractivity contribution in [3.05, 3.63) is 6.17 Å². The van der Waals surface area contributed by atoms with Crippen molar-refractivity contribution in [1.29, 1.82) is 0 Å². The molecule has 0 spiro atoms. The van der Waals surface area contributed by atoms with Gasteiger partial charge >= 0.3 is 0 Å². The van der Waals surface area contributed by atoms with Gasteiger partial charge < -0.3 is 4.74 Å². The molecular weight excluding hydrogens is 143 g/mol. The minimum absolute atomic E-state index is 0.0463. The van der Waals surface area contributed by atoms with E-state index in [2.05, 4.69) is 0 Å². The Kier molecular flexibility index (Phi) is 3.31. The normalized spacial score (nSPS) is 27.8. The van der Waals surface area contributed by atoms with Gasteiger partial charge in [-0.2, -0.15) is 0 Å². The van der Waals surface area contributed by atoms with E-state index in [4.69, 9.17) is 4.74 Å². The van der Waals surface area contributed by atoms with Crippen molar-refractivity contribution >= 4 is 0 Å². The van der Waals surface area contributed by atoms with Gasteiger partial charge in [0.25, 0.3) is 0 Å². The monoisotopic (exact) mass is 159 g/mol. The van der Waals surface area contributed by atoms with Crippen LogP contribution in [0.2, 0.25) is 0 Å². The fraction of sp³-hybridized carbons (Fsp3) is 0.889. The molecule has 1 rings (SSSR count). The Morgan fingerprint density at radius 3 is 2.73 bits per heavy atom. The maximum atomic E-state index is 13.0. The average Bonchev–Trinajstić information content (AvgIpc) is 1.93. The molecule has 1 fully saturated rings. The number of hydrogen-bond donors (Lipinski definition) is 0. The van der Waals surface area contributed by atoms with Crippen LogP contribution in [0.3, 0.4) is 0 Å². The third-order valence-corrected chi connectivity index (χ3v) is 1.92. The predicted molar refractivity (Wildman–Crippen MR) is 42.8 cm³/mol. The highest BCUT2D eigenvalue weighted by Crippen LogP contribution is 2.30. The van der Waals surface area contributed by atoms with Crippen LogP contribution in [0.25, 0.3) is 0 Å². The zero-order valence-corrected chi connectivity index (χ0v) is 7.27. The molecule has 1 saturated carbocycles. The first-order valence-corrected chi connectivity index (χ1v) is 4.37. The highest BCUT2D eigenvalue weighted by molar-refractivity contribution is 4.90. The topological polar surface area (TPSA) is 9.23 Å². The Labute approximate surface area is 67.9 Å². The van der Waals surface area contributed by atoms with Crippen molar-refractivity contribution < 1.29 is 9.13 Å². The van der Waals surface area contributed by atoms with Gasteiger partial charge in [-0.05, 0) is 33.1 Å². The Bertz CT molecular complexity index is 114. The molecule has 1 atom stereocenters. The molecule has 1 radical (unpaired) electrons. The van der Waals surface area contributed by atoms with Gasteiger partial charge in [0.2, 0.25) is 0 Å². The van der Waals surface area contributed by atoms with E-state index in [1.54, 1.807) is 0 Å². The quantitative estimate of drug-likeness (QED) is 0.602. The SMILES string of the molecule is CC(C)OC1CCCC[C]1F. The van der Waals surface area contributed by atoms with Crippen LogP contribution in [0.15, 0.2) is 0 Å². The summed E-state index contributed by atoms with van der Waals surface area (Å²) >= 11 is 0. The van der Waals surface area contributed by atoms with Crippen molar-refractivity contribution in [2.24, 2.45) is 0 Å². The van der Waals surface area contributed by atoms with Crippen molar-refractivity contribution in [2.45, 2.75) is 51.7 Å². The van der Waals surface area contributed by atoms with Gasteiger partial charge in [0, 0.05) is 0 Å². The molecule has 0 heterocycles. The molecule has 1 nitrogen and oxygen atoms in total. The second-order valence-electron chi connectivity index (χ2n) is 3.37. The van der Waals surface area contributed by atoms with Crippen LogP contribution in [0.4, 0.5) is 4.39 Å². The lowest BCUT2D eigenvalue weighted by atomic mass is 9.96. The first kappa shape index (κ1) is 8.98. The van der Waals surface area contributed by atoms with Crippen molar-refractivity contribution in [3.63, 3.8) is 0 Å². The second-order valence-corrected chi connectivity index (χ2v) is 3.37. The van der Waals surface area contributed by atoms with Crippen LogP contribution < -0.4 is 0 Å². The summed E-state index contributed by atoms with van der Waals surface area (Å²) in [5.41, 5.74) is 0. The van der Waals surface area contributed by atoms with E-state index in [9.17, 15) is 4.39 Å². The Morgan fingerprint density at radius 2 is 2.18 bits per heavy atom. The first-order valence-electron chi connectivity index (χ1n) is 4.37. The fourth-order valence-corrected chi connectivity index (χ4v) is 1.41. The molecule has 0 N–H and O–H groups in total. The molecule has 0 saturated heterocycles. The van der Waals surface area contributed by atoms with E-state index in [-0.39, 0.29) is 18.4 Å². The maximum absolute atomic E-state index is 13.0. The van der Waals surface area contributed by atoms with Crippen LogP contribution in [-0.4, -0.2) is 12.2 Å². The summed E-state index contributed by atoms with van der Waals surface area (Å²) in [6, 6.07) is 0. The van der Waals surface area contributed by atoms with Crippen LogP contribution in [0.1, 0.15) is 39.5 Å². The smallest absolute Gasteiger partial charge is 0.173 e. The highest BCUT2D eigenvalue weighted by Gasteiger charge is 2.27. The summed E-state index contributed by atoms with van der Waals surface area (Å²) in [4.78, 5) is 0. The summed E-state index contributed by atoms with van der Waals surface area (Å²) in [7, 11) is 0. The van der Waals surface area contributed by atoms with Crippen molar-refractivity contribution in [3.8, 4) is 0 Å². The molecule has 0 aromatic heterocycles. The molecule has 0 bridgehead atoms. The minimum Gasteiger partial charge on any atom is -0.372 e. The lowest BCUT2D eigenvalue weighted by molar-refractivity contribution is -0.0193. The molecule has 1 unspecified atom stereocenters. The number of hydrogen-bond acceptors (Lipinski definition) is 1. The van der Waals surface area contributed by atoms with E-state index < -0.39 is 0 Å². The fourth-order valence-electron chi connectivity index (χ4n) is 1.41. The summed E-state index contributed by atoms with van der Waals surface area (Å²) in [6.07, 6.45) is 3.55. The van der Waals surface area contributed by atoms with Gasteiger partial charge in [0.15, 0.2) is 6.17 Å². The molecule has 0 aromatic rings. The van der Waals surface area contributed by atoms with Crippen LogP contribution >= 0.6 is 0 Å². The molecule has 0 aliphatic heterocycles. The van der Waals surface area contributed by atoms with Crippen LogP contribution in [0.5, 0.6) is 0 Å². The molecular formula is C9H16FO. The van der Waals surface area contributed by atoms with Crippen LogP contribution in [0, 0.1) is 6.17 Å². The third kappa shape index (κ3) is 2.78. The van der Waals surface area contributed by atoms with Gasteiger partial charge in [-0.15, -0.1) is 0 Å². The number of rotatable bonds is 2. The van der Waals surface area contributed by atoms with Crippen molar-refractivity contribution in [1.82, 2.24) is 0 Å². The summed E-state index contributed by atoms with van der Waals surface area (Å²) < 4.78 is 18.4. The lowest BCUT2D eigenvalue weighted by Crippen LogP contribution is -2.25.